The van der Waals surface area contributed by atoms with Crippen LogP contribution in [0.5, 0.6) is 0 Å². The summed E-state index contributed by atoms with van der Waals surface area (Å²) in [6.45, 7) is 7.50. The second-order valence-corrected chi connectivity index (χ2v) is 3.49. The van der Waals surface area contributed by atoms with Crippen molar-refractivity contribution >= 4 is 16.5 Å². The molecule has 0 aliphatic carbocycles. The summed E-state index contributed by atoms with van der Waals surface area (Å²) in [6, 6.07) is 0. The van der Waals surface area contributed by atoms with Gasteiger partial charge in [-0.2, -0.15) is 0 Å². The first-order valence-electron chi connectivity index (χ1n) is 4.61. The maximum atomic E-state index is 10.9. The van der Waals surface area contributed by atoms with E-state index in [0.717, 1.165) is 29.1 Å². The molecule has 3 nitrogen and oxygen atoms in total. The average Bonchev–Trinajstić information content (AvgIpc) is 2.16. The maximum Gasteiger partial charge on any atom is 0.333 e. The van der Waals surface area contributed by atoms with Crippen molar-refractivity contribution in [2.45, 2.75) is 26.7 Å². The summed E-state index contributed by atoms with van der Waals surface area (Å²) < 4.78 is 10.0. The minimum absolute atomic E-state index is 0.315. The molecule has 0 bridgehead atoms. The Labute approximate surface area is 88.3 Å². The van der Waals surface area contributed by atoms with Crippen LogP contribution < -0.4 is 0 Å². The number of carbonyl (C=O) groups is 1. The first-order chi connectivity index (χ1) is 6.57. The zero-order valence-corrected chi connectivity index (χ0v) is 11.1. The Morgan fingerprint density at radius 1 is 1.50 bits per heavy atom. The predicted octanol–water partition coefficient (Wildman–Crippen LogP) is 1.09. The van der Waals surface area contributed by atoms with Crippen LogP contribution in [0.2, 0.25) is 0 Å². The molecule has 0 radical (unpaired) electrons. The molecule has 0 atom stereocenters. The van der Waals surface area contributed by atoms with Gasteiger partial charge in [-0.25, -0.2) is 4.79 Å². The number of hydrogen-bond acceptors (Lipinski definition) is 3. The number of rotatable bonds is 6. The van der Waals surface area contributed by atoms with Crippen molar-refractivity contribution in [1.29, 1.82) is 0 Å². The molecule has 80 valence electrons. The predicted molar refractivity (Wildman–Crippen MR) is 59.8 cm³/mol. The molecule has 0 saturated carbocycles. The summed E-state index contributed by atoms with van der Waals surface area (Å²) in [4.78, 5) is 10.9. The van der Waals surface area contributed by atoms with Gasteiger partial charge in [-0.05, 0) is 32.8 Å². The summed E-state index contributed by atoms with van der Waals surface area (Å²) in [7, 11) is 0.721. The van der Waals surface area contributed by atoms with E-state index in [1.807, 2.05) is 13.0 Å². The molecule has 0 saturated heterocycles. The maximum absolute atomic E-state index is 10.9. The van der Waals surface area contributed by atoms with Gasteiger partial charge in [-0.15, -0.1) is 0 Å². The highest BCUT2D eigenvalue weighted by atomic mass is 28.2. The third-order valence-electron chi connectivity index (χ3n) is 1.68. The standard InChI is InChI=1S/C10H18O3Si/c1-8(2)10(11)12-7-5-4-6-9(3)13-14/h6H,1,4-5,7H2,2-3,14H3. The summed E-state index contributed by atoms with van der Waals surface area (Å²) in [5, 5.41) is 0. The molecular weight excluding hydrogens is 196 g/mol. The minimum Gasteiger partial charge on any atom is -0.556 e. The lowest BCUT2D eigenvalue weighted by molar-refractivity contribution is -0.139. The highest BCUT2D eigenvalue weighted by Crippen LogP contribution is 2.00. The number of unbranched alkanes of at least 4 members (excludes halogenated alkanes) is 1. The molecule has 0 rings (SSSR count). The molecular formula is C10H18O3Si. The lowest BCUT2D eigenvalue weighted by atomic mass is 10.3. The van der Waals surface area contributed by atoms with Crippen molar-refractivity contribution in [3.05, 3.63) is 24.0 Å². The molecule has 4 heteroatoms. The second kappa shape index (κ2) is 7.38. The van der Waals surface area contributed by atoms with E-state index in [0.29, 0.717) is 12.2 Å². The first kappa shape index (κ1) is 13.0. The van der Waals surface area contributed by atoms with E-state index in [-0.39, 0.29) is 5.97 Å². The fourth-order valence-electron chi connectivity index (χ4n) is 0.760. The van der Waals surface area contributed by atoms with Gasteiger partial charge < -0.3 is 9.16 Å². The van der Waals surface area contributed by atoms with E-state index in [1.165, 1.54) is 0 Å². The molecule has 0 aromatic rings. The van der Waals surface area contributed by atoms with Gasteiger partial charge in [0, 0.05) is 5.57 Å². The van der Waals surface area contributed by atoms with Gasteiger partial charge in [0.05, 0.1) is 12.4 Å². The summed E-state index contributed by atoms with van der Waals surface area (Å²) in [6.07, 6.45) is 3.69. The van der Waals surface area contributed by atoms with Gasteiger partial charge >= 0.3 is 5.97 Å². The zero-order chi connectivity index (χ0) is 11.0. The first-order valence-corrected chi connectivity index (χ1v) is 5.43. The van der Waals surface area contributed by atoms with E-state index in [1.54, 1.807) is 6.92 Å². The van der Waals surface area contributed by atoms with Crippen molar-refractivity contribution in [1.82, 2.24) is 0 Å². The number of hydrogen-bond donors (Lipinski definition) is 0. The van der Waals surface area contributed by atoms with E-state index in [9.17, 15) is 4.79 Å². The van der Waals surface area contributed by atoms with Crippen LogP contribution in [0.4, 0.5) is 0 Å². The van der Waals surface area contributed by atoms with E-state index in [4.69, 9.17) is 9.16 Å². The Bertz CT molecular complexity index is 234. The Kier molecular flexibility index (Phi) is 6.83. The number of ether oxygens (including phenoxy) is 1. The fourth-order valence-corrected chi connectivity index (χ4v) is 0.927. The molecule has 0 aliphatic heterocycles. The normalized spacial score (nSPS) is 11.1. The van der Waals surface area contributed by atoms with Crippen LogP contribution >= 0.6 is 0 Å². The Morgan fingerprint density at radius 3 is 2.64 bits per heavy atom. The van der Waals surface area contributed by atoms with Crippen LogP contribution in [0, 0.1) is 0 Å². The molecule has 14 heavy (non-hydrogen) atoms. The second-order valence-electron chi connectivity index (χ2n) is 3.08. The van der Waals surface area contributed by atoms with Crippen LogP contribution in [0.15, 0.2) is 24.0 Å². The summed E-state index contributed by atoms with van der Waals surface area (Å²) >= 11 is 0. The van der Waals surface area contributed by atoms with Gasteiger partial charge in [0.25, 0.3) is 0 Å². The van der Waals surface area contributed by atoms with E-state index in [2.05, 4.69) is 6.58 Å². The molecule has 0 spiro atoms. The highest BCUT2D eigenvalue weighted by molar-refractivity contribution is 5.98. The van der Waals surface area contributed by atoms with Crippen LogP contribution in [0.3, 0.4) is 0 Å². The van der Waals surface area contributed by atoms with Crippen molar-refractivity contribution in [3.8, 4) is 0 Å². The molecule has 0 aliphatic rings. The van der Waals surface area contributed by atoms with Crippen LogP contribution in [-0.4, -0.2) is 23.1 Å². The molecule has 0 N–H and O–H groups in total. The molecule has 0 aromatic carbocycles. The Hall–Kier alpha value is -1.03. The number of esters is 1. The summed E-state index contributed by atoms with van der Waals surface area (Å²) in [5.74, 6) is 0.632. The molecule has 0 aromatic heterocycles. The monoisotopic (exact) mass is 214 g/mol. The minimum atomic E-state index is -0.315. The topological polar surface area (TPSA) is 35.5 Å². The number of allylic oxidation sites excluding steroid dienone is 2. The van der Waals surface area contributed by atoms with Crippen molar-refractivity contribution in [3.63, 3.8) is 0 Å². The third kappa shape index (κ3) is 6.48. The number of carbonyl (C=O) groups excluding carboxylic acids is 1. The van der Waals surface area contributed by atoms with Crippen molar-refractivity contribution < 1.29 is 14.0 Å². The van der Waals surface area contributed by atoms with Gasteiger partial charge in [0.15, 0.2) is 0 Å². The van der Waals surface area contributed by atoms with Gasteiger partial charge in [0.1, 0.15) is 0 Å². The Balaban J connectivity index is 3.48. The summed E-state index contributed by atoms with van der Waals surface area (Å²) in [5.41, 5.74) is 0.444. The molecule has 0 unspecified atom stereocenters. The average molecular weight is 214 g/mol. The van der Waals surface area contributed by atoms with Gasteiger partial charge in [-0.3, -0.25) is 0 Å². The lowest BCUT2D eigenvalue weighted by Gasteiger charge is -2.03. The Morgan fingerprint density at radius 2 is 2.14 bits per heavy atom. The molecule has 0 heterocycles. The quantitative estimate of drug-likeness (QED) is 0.218. The highest BCUT2D eigenvalue weighted by Gasteiger charge is 2.00. The van der Waals surface area contributed by atoms with Gasteiger partial charge in [-0.1, -0.05) is 6.58 Å². The zero-order valence-electron chi connectivity index (χ0n) is 9.13. The van der Waals surface area contributed by atoms with Crippen molar-refractivity contribution in [2.75, 3.05) is 6.61 Å². The molecule has 0 fully saturated rings. The lowest BCUT2D eigenvalue weighted by Crippen LogP contribution is -2.05. The SMILES string of the molecule is C=C(C)C(=O)OCCCC=C(C)O[SiH3]. The third-order valence-corrected chi connectivity index (χ3v) is 2.33. The van der Waals surface area contributed by atoms with Crippen LogP contribution in [0.25, 0.3) is 0 Å². The van der Waals surface area contributed by atoms with Crippen molar-refractivity contribution in [2.24, 2.45) is 0 Å². The fraction of sp³-hybridized carbons (Fsp3) is 0.500. The largest absolute Gasteiger partial charge is 0.556 e. The van der Waals surface area contributed by atoms with Gasteiger partial charge in [0.2, 0.25) is 10.5 Å². The van der Waals surface area contributed by atoms with Crippen LogP contribution in [-0.2, 0) is 14.0 Å². The van der Waals surface area contributed by atoms with E-state index >= 15 is 0 Å². The van der Waals surface area contributed by atoms with E-state index < -0.39 is 0 Å². The van der Waals surface area contributed by atoms with Crippen LogP contribution in [0.1, 0.15) is 26.7 Å². The molecule has 0 amide bonds. The smallest absolute Gasteiger partial charge is 0.333 e.